The van der Waals surface area contributed by atoms with Crippen molar-refractivity contribution in [2.24, 2.45) is 0 Å². The van der Waals surface area contributed by atoms with Crippen molar-refractivity contribution in [1.82, 2.24) is 4.90 Å². The van der Waals surface area contributed by atoms with Crippen molar-refractivity contribution >= 4 is 5.97 Å². The normalized spacial score (nSPS) is 11.6. The highest BCUT2D eigenvalue weighted by Gasteiger charge is 2.06. The fraction of sp³-hybridized carbons (Fsp3) is 0.938. The van der Waals surface area contributed by atoms with Gasteiger partial charge in [0, 0.05) is 26.1 Å². The third kappa shape index (κ3) is 15.6. The van der Waals surface area contributed by atoms with E-state index in [2.05, 4.69) is 4.90 Å². The standard InChI is InChI=1S/C16H33NO4/c1-14(2)19-11-6-9-17(5)10-8-16(18)21-13-7-12-20-15(3)4/h14-15H,6-13H2,1-5H3. The molecule has 0 saturated heterocycles. The van der Waals surface area contributed by atoms with E-state index in [1.807, 2.05) is 34.7 Å². The van der Waals surface area contributed by atoms with Crippen molar-refractivity contribution in [2.75, 3.05) is 40.0 Å². The van der Waals surface area contributed by atoms with Crippen LogP contribution < -0.4 is 0 Å². The number of carbonyl (C=O) groups is 1. The van der Waals surface area contributed by atoms with Crippen LogP contribution in [0.4, 0.5) is 0 Å². The Morgan fingerprint density at radius 3 is 2.05 bits per heavy atom. The molecule has 0 aromatic heterocycles. The summed E-state index contributed by atoms with van der Waals surface area (Å²) in [6.45, 7) is 11.6. The van der Waals surface area contributed by atoms with Crippen LogP contribution in [-0.2, 0) is 19.0 Å². The minimum atomic E-state index is -0.134. The first-order valence-corrected chi connectivity index (χ1v) is 7.99. The van der Waals surface area contributed by atoms with Crippen molar-refractivity contribution in [3.63, 3.8) is 0 Å². The maximum Gasteiger partial charge on any atom is 0.307 e. The van der Waals surface area contributed by atoms with Crippen molar-refractivity contribution in [1.29, 1.82) is 0 Å². The van der Waals surface area contributed by atoms with E-state index in [9.17, 15) is 4.79 Å². The van der Waals surface area contributed by atoms with Crippen LogP contribution in [0.15, 0.2) is 0 Å². The average Bonchev–Trinajstić information content (AvgIpc) is 2.40. The molecule has 0 bridgehead atoms. The van der Waals surface area contributed by atoms with Gasteiger partial charge in [-0.3, -0.25) is 4.79 Å². The van der Waals surface area contributed by atoms with E-state index in [1.165, 1.54) is 0 Å². The summed E-state index contributed by atoms with van der Waals surface area (Å²) in [4.78, 5) is 13.7. The lowest BCUT2D eigenvalue weighted by Gasteiger charge is -2.16. The van der Waals surface area contributed by atoms with Crippen LogP contribution in [0.1, 0.15) is 47.0 Å². The molecule has 0 unspecified atom stereocenters. The van der Waals surface area contributed by atoms with Gasteiger partial charge in [0.1, 0.15) is 0 Å². The number of ether oxygens (including phenoxy) is 3. The van der Waals surface area contributed by atoms with Gasteiger partial charge in [-0.05, 0) is 41.2 Å². The molecule has 0 aliphatic carbocycles. The Labute approximate surface area is 129 Å². The summed E-state index contributed by atoms with van der Waals surface area (Å²) < 4.78 is 16.0. The van der Waals surface area contributed by atoms with Gasteiger partial charge in [0.25, 0.3) is 0 Å². The largest absolute Gasteiger partial charge is 0.466 e. The summed E-state index contributed by atoms with van der Waals surface area (Å²) in [5.41, 5.74) is 0. The Bertz CT molecular complexity index is 257. The zero-order chi connectivity index (χ0) is 16.1. The van der Waals surface area contributed by atoms with Crippen molar-refractivity contribution in [3.8, 4) is 0 Å². The molecule has 5 heteroatoms. The lowest BCUT2D eigenvalue weighted by Crippen LogP contribution is -2.25. The summed E-state index contributed by atoms with van der Waals surface area (Å²) >= 11 is 0. The van der Waals surface area contributed by atoms with E-state index >= 15 is 0 Å². The molecule has 0 spiro atoms. The van der Waals surface area contributed by atoms with E-state index in [1.54, 1.807) is 0 Å². The molecule has 0 amide bonds. The topological polar surface area (TPSA) is 48.0 Å². The fourth-order valence-electron chi connectivity index (χ4n) is 1.68. The second-order valence-corrected chi connectivity index (χ2v) is 5.82. The summed E-state index contributed by atoms with van der Waals surface area (Å²) in [7, 11) is 2.01. The molecule has 0 radical (unpaired) electrons. The summed E-state index contributed by atoms with van der Waals surface area (Å²) in [6, 6.07) is 0. The molecule has 0 aromatic carbocycles. The molecule has 0 heterocycles. The highest BCUT2D eigenvalue weighted by molar-refractivity contribution is 5.69. The lowest BCUT2D eigenvalue weighted by molar-refractivity contribution is -0.144. The van der Waals surface area contributed by atoms with Crippen LogP contribution in [0.25, 0.3) is 0 Å². The van der Waals surface area contributed by atoms with Gasteiger partial charge in [-0.15, -0.1) is 0 Å². The van der Waals surface area contributed by atoms with Gasteiger partial charge in [0.05, 0.1) is 31.8 Å². The van der Waals surface area contributed by atoms with Crippen LogP contribution >= 0.6 is 0 Å². The molecule has 21 heavy (non-hydrogen) atoms. The molecule has 5 nitrogen and oxygen atoms in total. The van der Waals surface area contributed by atoms with Crippen molar-refractivity contribution in [3.05, 3.63) is 0 Å². The second-order valence-electron chi connectivity index (χ2n) is 5.82. The number of nitrogens with zero attached hydrogens (tertiary/aromatic N) is 1. The molecule has 0 aliphatic heterocycles. The van der Waals surface area contributed by atoms with Crippen LogP contribution in [0.5, 0.6) is 0 Å². The first kappa shape index (κ1) is 20.3. The van der Waals surface area contributed by atoms with Gasteiger partial charge in [-0.25, -0.2) is 0 Å². The minimum absolute atomic E-state index is 0.134. The first-order chi connectivity index (χ1) is 9.91. The zero-order valence-corrected chi connectivity index (χ0v) is 14.4. The van der Waals surface area contributed by atoms with Crippen molar-refractivity contribution < 1.29 is 19.0 Å². The van der Waals surface area contributed by atoms with Gasteiger partial charge in [0.15, 0.2) is 0 Å². The Kier molecular flexibility index (Phi) is 12.6. The maximum atomic E-state index is 11.5. The summed E-state index contributed by atoms with van der Waals surface area (Å²) in [5, 5.41) is 0. The van der Waals surface area contributed by atoms with Gasteiger partial charge in [0.2, 0.25) is 0 Å². The van der Waals surface area contributed by atoms with Gasteiger partial charge < -0.3 is 19.1 Å². The highest BCUT2D eigenvalue weighted by atomic mass is 16.5. The van der Waals surface area contributed by atoms with E-state index < -0.39 is 0 Å². The Balaban J connectivity index is 3.42. The molecule has 0 atom stereocenters. The first-order valence-electron chi connectivity index (χ1n) is 7.99. The number of hydrogen-bond acceptors (Lipinski definition) is 5. The Hall–Kier alpha value is -0.650. The maximum absolute atomic E-state index is 11.5. The van der Waals surface area contributed by atoms with Crippen molar-refractivity contribution in [2.45, 2.75) is 59.2 Å². The number of rotatable bonds is 13. The fourth-order valence-corrected chi connectivity index (χ4v) is 1.68. The predicted molar refractivity (Wildman–Crippen MR) is 84.5 cm³/mol. The monoisotopic (exact) mass is 303 g/mol. The molecular weight excluding hydrogens is 270 g/mol. The Morgan fingerprint density at radius 2 is 1.48 bits per heavy atom. The van der Waals surface area contributed by atoms with E-state index in [4.69, 9.17) is 14.2 Å². The lowest BCUT2D eigenvalue weighted by atomic mass is 10.3. The van der Waals surface area contributed by atoms with E-state index in [0.717, 1.165) is 32.5 Å². The predicted octanol–water partition coefficient (Wildman–Crippen LogP) is 2.48. The molecule has 0 N–H and O–H groups in total. The molecule has 0 fully saturated rings. The second kappa shape index (κ2) is 13.0. The quantitative estimate of drug-likeness (QED) is 0.386. The molecule has 0 rings (SSSR count). The van der Waals surface area contributed by atoms with E-state index in [-0.39, 0.29) is 18.2 Å². The highest BCUT2D eigenvalue weighted by Crippen LogP contribution is 1.97. The number of carbonyl (C=O) groups excluding carboxylic acids is 1. The zero-order valence-electron chi connectivity index (χ0n) is 14.4. The Morgan fingerprint density at radius 1 is 0.905 bits per heavy atom. The summed E-state index contributed by atoms with van der Waals surface area (Å²) in [5.74, 6) is -0.134. The van der Waals surface area contributed by atoms with Crippen LogP contribution in [-0.4, -0.2) is 63.0 Å². The molecule has 0 aromatic rings. The van der Waals surface area contributed by atoms with Crippen LogP contribution in [0, 0.1) is 0 Å². The van der Waals surface area contributed by atoms with E-state index in [0.29, 0.717) is 19.6 Å². The number of hydrogen-bond donors (Lipinski definition) is 0. The average molecular weight is 303 g/mol. The summed E-state index contributed by atoms with van der Waals surface area (Å²) in [6.07, 6.45) is 2.69. The smallest absolute Gasteiger partial charge is 0.307 e. The third-order valence-electron chi connectivity index (χ3n) is 2.84. The van der Waals surface area contributed by atoms with Crippen LogP contribution in [0.3, 0.4) is 0 Å². The molecule has 0 saturated carbocycles. The third-order valence-corrected chi connectivity index (χ3v) is 2.84. The van der Waals surface area contributed by atoms with Gasteiger partial charge in [-0.1, -0.05) is 0 Å². The molecule has 0 aliphatic rings. The van der Waals surface area contributed by atoms with Gasteiger partial charge >= 0.3 is 5.97 Å². The SMILES string of the molecule is CC(C)OCCCOC(=O)CCN(C)CCCOC(C)C. The minimum Gasteiger partial charge on any atom is -0.466 e. The molecular formula is C16H33NO4. The van der Waals surface area contributed by atoms with Gasteiger partial charge in [-0.2, -0.15) is 0 Å². The number of esters is 1. The van der Waals surface area contributed by atoms with Crippen LogP contribution in [0.2, 0.25) is 0 Å². The molecule has 126 valence electrons.